The molecule has 0 fully saturated rings. The van der Waals surface area contributed by atoms with Gasteiger partial charge in [-0.25, -0.2) is 0 Å². The van der Waals surface area contributed by atoms with E-state index in [4.69, 9.17) is 26.0 Å². The van der Waals surface area contributed by atoms with E-state index >= 15 is 0 Å². The number of hydrogen-bond donors (Lipinski definition) is 3. The monoisotopic (exact) mass is 422 g/mol. The van der Waals surface area contributed by atoms with Crippen LogP contribution in [0.4, 0.5) is 0 Å². The zero-order valence-corrected chi connectivity index (χ0v) is 17.0. The number of ether oxygens (including phenoxy) is 2. The number of nitrogens with two attached hydrogens (primary N) is 2. The first-order chi connectivity index (χ1) is 15.0. The van der Waals surface area contributed by atoms with Gasteiger partial charge in [-0.05, 0) is 29.3 Å². The fourth-order valence-corrected chi connectivity index (χ4v) is 2.40. The SMILES string of the molecule is NCC(N)C(=O)O.O=Cc1ccc(OCc2ccccc2)c(OCc2ccccc2)c1. The predicted molar refractivity (Wildman–Crippen MR) is 118 cm³/mol. The molecule has 0 aromatic heterocycles. The van der Waals surface area contributed by atoms with Crippen LogP contribution in [-0.2, 0) is 18.0 Å². The zero-order valence-electron chi connectivity index (χ0n) is 17.0. The first-order valence-corrected chi connectivity index (χ1v) is 9.64. The Balaban J connectivity index is 0.000000423. The lowest BCUT2D eigenvalue weighted by molar-refractivity contribution is -0.138. The summed E-state index contributed by atoms with van der Waals surface area (Å²) in [7, 11) is 0. The molecule has 7 nitrogen and oxygen atoms in total. The maximum atomic E-state index is 11.0. The molecule has 7 heteroatoms. The molecule has 0 radical (unpaired) electrons. The van der Waals surface area contributed by atoms with E-state index in [2.05, 4.69) is 0 Å². The summed E-state index contributed by atoms with van der Waals surface area (Å²) in [5, 5.41) is 7.98. The summed E-state index contributed by atoms with van der Waals surface area (Å²) in [5.74, 6) is 0.141. The lowest BCUT2D eigenvalue weighted by atomic mass is 10.2. The molecule has 3 aromatic rings. The summed E-state index contributed by atoms with van der Waals surface area (Å²) in [6.07, 6.45) is 0.802. The minimum atomic E-state index is -1.05. The highest BCUT2D eigenvalue weighted by Gasteiger charge is 2.08. The fourth-order valence-electron chi connectivity index (χ4n) is 2.40. The second-order valence-corrected chi connectivity index (χ2v) is 6.55. The van der Waals surface area contributed by atoms with Gasteiger partial charge in [0, 0.05) is 12.1 Å². The van der Waals surface area contributed by atoms with E-state index < -0.39 is 12.0 Å². The van der Waals surface area contributed by atoms with Gasteiger partial charge in [0.15, 0.2) is 11.5 Å². The smallest absolute Gasteiger partial charge is 0.321 e. The molecule has 0 aliphatic heterocycles. The van der Waals surface area contributed by atoms with Gasteiger partial charge in [0.25, 0.3) is 0 Å². The Morgan fingerprint density at radius 1 is 0.871 bits per heavy atom. The molecule has 5 N–H and O–H groups in total. The normalized spacial score (nSPS) is 10.9. The highest BCUT2D eigenvalue weighted by atomic mass is 16.5. The second-order valence-electron chi connectivity index (χ2n) is 6.55. The minimum absolute atomic E-state index is 0.00463. The van der Waals surface area contributed by atoms with Gasteiger partial charge in [-0.3, -0.25) is 9.59 Å². The van der Waals surface area contributed by atoms with E-state index in [1.54, 1.807) is 18.2 Å². The minimum Gasteiger partial charge on any atom is -0.485 e. The van der Waals surface area contributed by atoms with Gasteiger partial charge in [0.1, 0.15) is 25.5 Å². The molecule has 1 unspecified atom stereocenters. The molecule has 162 valence electrons. The van der Waals surface area contributed by atoms with Crippen LogP contribution in [0.25, 0.3) is 0 Å². The predicted octanol–water partition coefficient (Wildman–Crippen LogP) is 3.01. The Kier molecular flexibility index (Phi) is 9.74. The highest BCUT2D eigenvalue weighted by Crippen LogP contribution is 2.29. The van der Waals surface area contributed by atoms with Crippen molar-refractivity contribution in [2.75, 3.05) is 6.54 Å². The lowest BCUT2D eigenvalue weighted by Crippen LogP contribution is -2.37. The third kappa shape index (κ3) is 8.30. The van der Waals surface area contributed by atoms with Crippen LogP contribution in [0.1, 0.15) is 21.5 Å². The number of carbonyl (C=O) groups excluding carboxylic acids is 1. The lowest BCUT2D eigenvalue weighted by Gasteiger charge is -2.13. The molecule has 0 bridgehead atoms. The van der Waals surface area contributed by atoms with Gasteiger partial charge in [0.05, 0.1) is 0 Å². The number of hydrogen-bond acceptors (Lipinski definition) is 6. The molecule has 3 rings (SSSR count). The molecule has 0 aliphatic rings. The summed E-state index contributed by atoms with van der Waals surface area (Å²) in [4.78, 5) is 20.8. The average molecular weight is 422 g/mol. The van der Waals surface area contributed by atoms with Gasteiger partial charge < -0.3 is 26.0 Å². The van der Waals surface area contributed by atoms with E-state index in [9.17, 15) is 9.59 Å². The maximum Gasteiger partial charge on any atom is 0.321 e. The summed E-state index contributed by atoms with van der Waals surface area (Å²) < 4.78 is 11.7. The quantitative estimate of drug-likeness (QED) is 0.453. The van der Waals surface area contributed by atoms with Crippen LogP contribution in [0, 0.1) is 0 Å². The molecule has 0 saturated carbocycles. The van der Waals surface area contributed by atoms with Crippen molar-refractivity contribution < 1.29 is 24.2 Å². The molecule has 1 atom stereocenters. The maximum absolute atomic E-state index is 11.0. The standard InChI is InChI=1S/C21H18O3.C3H8N2O2/c22-14-19-11-12-20(23-15-17-7-3-1-4-8-17)21(13-19)24-16-18-9-5-2-6-10-18;4-1-2(5)3(6)7/h1-14H,15-16H2;2H,1,4-5H2,(H,6,7). The third-order valence-corrected chi connectivity index (χ3v) is 4.15. The van der Waals surface area contributed by atoms with Crippen LogP contribution in [0.5, 0.6) is 11.5 Å². The molecule has 31 heavy (non-hydrogen) atoms. The van der Waals surface area contributed by atoms with Gasteiger partial charge in [-0.15, -0.1) is 0 Å². The van der Waals surface area contributed by atoms with E-state index in [1.165, 1.54) is 0 Å². The van der Waals surface area contributed by atoms with Crippen molar-refractivity contribution in [2.45, 2.75) is 19.3 Å². The van der Waals surface area contributed by atoms with Crippen LogP contribution < -0.4 is 20.9 Å². The van der Waals surface area contributed by atoms with Gasteiger partial charge >= 0.3 is 5.97 Å². The van der Waals surface area contributed by atoms with Crippen LogP contribution in [0.3, 0.4) is 0 Å². The molecular weight excluding hydrogens is 396 g/mol. The highest BCUT2D eigenvalue weighted by molar-refractivity contribution is 5.76. The molecule has 0 saturated heterocycles. The molecule has 0 heterocycles. The summed E-state index contributed by atoms with van der Waals surface area (Å²) in [6, 6.07) is 24.1. The second kappa shape index (κ2) is 12.8. The Bertz CT molecular complexity index is 949. The molecule has 3 aromatic carbocycles. The zero-order chi connectivity index (χ0) is 22.5. The summed E-state index contributed by atoms with van der Waals surface area (Å²) in [5.41, 5.74) is 12.5. The van der Waals surface area contributed by atoms with Crippen molar-refractivity contribution in [1.29, 1.82) is 0 Å². The summed E-state index contributed by atoms with van der Waals surface area (Å²) in [6.45, 7) is 0.864. The Hall–Kier alpha value is -3.68. The van der Waals surface area contributed by atoms with Crippen molar-refractivity contribution in [2.24, 2.45) is 11.5 Å². The van der Waals surface area contributed by atoms with E-state index in [-0.39, 0.29) is 6.54 Å². The van der Waals surface area contributed by atoms with Gasteiger partial charge in [0.2, 0.25) is 0 Å². The number of carboxylic acid groups (broad SMARTS) is 1. The van der Waals surface area contributed by atoms with Crippen molar-refractivity contribution in [3.05, 3.63) is 95.6 Å². The summed E-state index contributed by atoms with van der Waals surface area (Å²) >= 11 is 0. The molecule has 0 aliphatic carbocycles. The van der Waals surface area contributed by atoms with Crippen LogP contribution in [-0.4, -0.2) is 29.9 Å². The van der Waals surface area contributed by atoms with E-state index in [0.717, 1.165) is 17.4 Å². The number of aliphatic carboxylic acids is 1. The van der Waals surface area contributed by atoms with E-state index in [1.807, 2.05) is 60.7 Å². The van der Waals surface area contributed by atoms with Crippen LogP contribution in [0.2, 0.25) is 0 Å². The van der Waals surface area contributed by atoms with E-state index in [0.29, 0.717) is 30.3 Å². The number of carboxylic acids is 1. The van der Waals surface area contributed by atoms with Crippen LogP contribution in [0.15, 0.2) is 78.9 Å². The number of benzene rings is 3. The number of carbonyl (C=O) groups is 2. The van der Waals surface area contributed by atoms with Crippen molar-refractivity contribution in [1.82, 2.24) is 0 Å². The fraction of sp³-hybridized carbons (Fsp3) is 0.167. The largest absolute Gasteiger partial charge is 0.485 e. The first-order valence-electron chi connectivity index (χ1n) is 9.64. The topological polar surface area (TPSA) is 125 Å². The van der Waals surface area contributed by atoms with Gasteiger partial charge in [-0.1, -0.05) is 60.7 Å². The Morgan fingerprint density at radius 3 is 1.81 bits per heavy atom. The van der Waals surface area contributed by atoms with Crippen molar-refractivity contribution in [3.63, 3.8) is 0 Å². The Labute approximate surface area is 181 Å². The Morgan fingerprint density at radius 2 is 1.39 bits per heavy atom. The van der Waals surface area contributed by atoms with Crippen molar-refractivity contribution in [3.8, 4) is 11.5 Å². The van der Waals surface area contributed by atoms with Gasteiger partial charge in [-0.2, -0.15) is 0 Å². The molecule has 0 amide bonds. The average Bonchev–Trinajstić information content (AvgIpc) is 2.82. The van der Waals surface area contributed by atoms with Crippen LogP contribution >= 0.6 is 0 Å². The number of rotatable bonds is 9. The third-order valence-electron chi connectivity index (χ3n) is 4.15. The molecule has 0 spiro atoms. The number of aldehydes is 1. The van der Waals surface area contributed by atoms with Crippen molar-refractivity contribution >= 4 is 12.3 Å². The first kappa shape index (κ1) is 23.6. The molecular formula is C24H26N2O5.